The number of carboxylic acids is 1. The van der Waals surface area contributed by atoms with Gasteiger partial charge in [-0.05, 0) is 29.7 Å². The number of carbonyl (C=O) groups excluding carboxylic acids is 2. The van der Waals surface area contributed by atoms with Crippen molar-refractivity contribution in [2.75, 3.05) is 10.6 Å². The molecule has 1 fully saturated rings. The second kappa shape index (κ2) is 5.20. The van der Waals surface area contributed by atoms with Gasteiger partial charge >= 0.3 is 5.97 Å². The third-order valence-corrected chi connectivity index (χ3v) is 3.85. The molecule has 6 nitrogen and oxygen atoms in total. The van der Waals surface area contributed by atoms with Crippen molar-refractivity contribution in [3.63, 3.8) is 0 Å². The van der Waals surface area contributed by atoms with Crippen molar-refractivity contribution in [2.45, 2.75) is 20.8 Å². The van der Waals surface area contributed by atoms with Crippen LogP contribution < -0.4 is 10.6 Å². The fourth-order valence-corrected chi connectivity index (χ4v) is 2.65. The van der Waals surface area contributed by atoms with Crippen molar-refractivity contribution in [3.05, 3.63) is 24.3 Å². The van der Waals surface area contributed by atoms with Crippen LogP contribution in [0, 0.1) is 17.3 Å². The molecular formula is C15H18N2O4. The van der Waals surface area contributed by atoms with E-state index in [0.717, 1.165) is 0 Å². The molecule has 0 unspecified atom stereocenters. The quantitative estimate of drug-likeness (QED) is 0.789. The number of amides is 2. The largest absolute Gasteiger partial charge is 0.481 e. The minimum atomic E-state index is -0.943. The summed E-state index contributed by atoms with van der Waals surface area (Å²) in [7, 11) is 0. The van der Waals surface area contributed by atoms with Crippen molar-refractivity contribution < 1.29 is 19.5 Å². The second-order valence-electron chi connectivity index (χ2n) is 5.86. The molecule has 3 N–H and O–H groups in total. The monoisotopic (exact) mass is 290 g/mol. The van der Waals surface area contributed by atoms with Gasteiger partial charge in [0.05, 0.1) is 11.8 Å². The van der Waals surface area contributed by atoms with E-state index in [9.17, 15) is 14.4 Å². The van der Waals surface area contributed by atoms with E-state index in [0.29, 0.717) is 11.4 Å². The number of hydrogen-bond donors (Lipinski definition) is 3. The minimum Gasteiger partial charge on any atom is -0.481 e. The van der Waals surface area contributed by atoms with Crippen LogP contribution >= 0.6 is 0 Å². The molecule has 2 amide bonds. The first-order chi connectivity index (χ1) is 9.73. The third-order valence-electron chi connectivity index (χ3n) is 3.85. The number of hydrogen-bond acceptors (Lipinski definition) is 3. The Labute approximate surface area is 122 Å². The van der Waals surface area contributed by atoms with E-state index in [4.69, 9.17) is 5.11 Å². The van der Waals surface area contributed by atoms with E-state index in [1.54, 1.807) is 38.1 Å². The Kier molecular flexibility index (Phi) is 3.72. The van der Waals surface area contributed by atoms with Crippen molar-refractivity contribution in [2.24, 2.45) is 17.3 Å². The van der Waals surface area contributed by atoms with Crippen molar-refractivity contribution in [3.8, 4) is 0 Å². The summed E-state index contributed by atoms with van der Waals surface area (Å²) in [5.74, 6) is -2.57. The fraction of sp³-hybridized carbons (Fsp3) is 0.400. The maximum atomic E-state index is 12.1. The number of nitrogens with one attached hydrogen (secondary N) is 2. The van der Waals surface area contributed by atoms with Crippen LogP contribution in [0.25, 0.3) is 0 Å². The maximum Gasteiger partial charge on any atom is 0.307 e. The first kappa shape index (κ1) is 15.0. The van der Waals surface area contributed by atoms with Gasteiger partial charge in [0.15, 0.2) is 0 Å². The molecule has 0 bridgehead atoms. The Morgan fingerprint density at radius 1 is 1.00 bits per heavy atom. The Hall–Kier alpha value is -2.37. The Morgan fingerprint density at radius 2 is 1.48 bits per heavy atom. The lowest BCUT2D eigenvalue weighted by Gasteiger charge is -2.07. The highest BCUT2D eigenvalue weighted by Crippen LogP contribution is 2.58. The number of benzene rings is 1. The first-order valence-electron chi connectivity index (χ1n) is 6.65. The average molecular weight is 290 g/mol. The van der Waals surface area contributed by atoms with E-state index < -0.39 is 23.2 Å². The second-order valence-corrected chi connectivity index (χ2v) is 5.86. The SMILES string of the molecule is CC(=O)Nc1ccc(NC(=O)[C@H]2[C@@H](C(=O)O)C2(C)C)cc1. The maximum absolute atomic E-state index is 12.1. The molecule has 0 saturated heterocycles. The number of rotatable bonds is 4. The lowest BCUT2D eigenvalue weighted by molar-refractivity contribution is -0.140. The smallest absolute Gasteiger partial charge is 0.307 e. The third kappa shape index (κ3) is 3.04. The van der Waals surface area contributed by atoms with Crippen molar-refractivity contribution in [1.82, 2.24) is 0 Å². The molecule has 0 aliphatic heterocycles. The predicted molar refractivity (Wildman–Crippen MR) is 77.8 cm³/mol. The molecule has 0 radical (unpaired) electrons. The summed E-state index contributed by atoms with van der Waals surface area (Å²) in [6.07, 6.45) is 0. The first-order valence-corrected chi connectivity index (χ1v) is 6.65. The number of carboxylic acid groups (broad SMARTS) is 1. The average Bonchev–Trinajstić information content (AvgIpc) is 2.94. The summed E-state index contributed by atoms with van der Waals surface area (Å²) in [5, 5.41) is 14.4. The summed E-state index contributed by atoms with van der Waals surface area (Å²) in [6.45, 7) is 4.96. The highest BCUT2D eigenvalue weighted by molar-refractivity contribution is 6.00. The van der Waals surface area contributed by atoms with E-state index in [-0.39, 0.29) is 11.8 Å². The van der Waals surface area contributed by atoms with E-state index in [2.05, 4.69) is 10.6 Å². The Balaban J connectivity index is 2.01. The molecule has 1 aliphatic rings. The minimum absolute atomic E-state index is 0.171. The van der Waals surface area contributed by atoms with Crippen LogP contribution in [-0.2, 0) is 14.4 Å². The van der Waals surface area contributed by atoms with Crippen LogP contribution in [0.3, 0.4) is 0 Å². The predicted octanol–water partition coefficient (Wildman–Crippen LogP) is 1.94. The van der Waals surface area contributed by atoms with Crippen molar-refractivity contribution >= 4 is 29.2 Å². The summed E-state index contributed by atoms with van der Waals surface area (Å²) < 4.78 is 0. The van der Waals surface area contributed by atoms with Crippen LogP contribution in [0.5, 0.6) is 0 Å². The molecule has 1 aliphatic carbocycles. The molecule has 0 spiro atoms. The van der Waals surface area contributed by atoms with Gasteiger partial charge in [-0.15, -0.1) is 0 Å². The van der Waals surface area contributed by atoms with Gasteiger partial charge < -0.3 is 15.7 Å². The molecule has 0 aromatic heterocycles. The van der Waals surface area contributed by atoms with Crippen LogP contribution in [0.2, 0.25) is 0 Å². The molecule has 112 valence electrons. The topological polar surface area (TPSA) is 95.5 Å². The zero-order valence-electron chi connectivity index (χ0n) is 12.1. The molecule has 21 heavy (non-hydrogen) atoms. The molecule has 1 aromatic carbocycles. The zero-order chi connectivity index (χ0) is 15.8. The Bertz CT molecular complexity index is 592. The standard InChI is InChI=1S/C15H18N2O4/c1-8(18)16-9-4-6-10(7-5-9)17-13(19)11-12(14(20)21)15(11,2)3/h4-7,11-12H,1-3H3,(H,16,18)(H,17,19)(H,20,21)/t11-,12+/m1/s1. The van der Waals surface area contributed by atoms with E-state index >= 15 is 0 Å². The number of aliphatic carboxylic acids is 1. The van der Waals surface area contributed by atoms with Crippen LogP contribution in [0.15, 0.2) is 24.3 Å². The van der Waals surface area contributed by atoms with E-state index in [1.807, 2.05) is 0 Å². The molecule has 0 heterocycles. The molecular weight excluding hydrogens is 272 g/mol. The van der Waals surface area contributed by atoms with Crippen LogP contribution in [0.1, 0.15) is 20.8 Å². The van der Waals surface area contributed by atoms with Gasteiger partial charge in [-0.25, -0.2) is 0 Å². The molecule has 1 saturated carbocycles. The normalized spacial score (nSPS) is 22.2. The van der Waals surface area contributed by atoms with Gasteiger partial charge in [0, 0.05) is 18.3 Å². The van der Waals surface area contributed by atoms with Gasteiger partial charge in [-0.3, -0.25) is 14.4 Å². The summed E-state index contributed by atoms with van der Waals surface area (Å²) in [5.41, 5.74) is 0.683. The van der Waals surface area contributed by atoms with Gasteiger partial charge in [0.2, 0.25) is 11.8 Å². The number of anilines is 2. The highest BCUT2D eigenvalue weighted by Gasteiger charge is 2.65. The fourth-order valence-electron chi connectivity index (χ4n) is 2.65. The van der Waals surface area contributed by atoms with Gasteiger partial charge in [-0.2, -0.15) is 0 Å². The van der Waals surface area contributed by atoms with Gasteiger partial charge in [-0.1, -0.05) is 13.8 Å². The molecule has 2 rings (SSSR count). The summed E-state index contributed by atoms with van der Waals surface area (Å²) in [4.78, 5) is 34.1. The summed E-state index contributed by atoms with van der Waals surface area (Å²) in [6, 6.07) is 6.66. The van der Waals surface area contributed by atoms with Crippen LogP contribution in [0.4, 0.5) is 11.4 Å². The molecule has 2 atom stereocenters. The Morgan fingerprint density at radius 3 is 1.86 bits per heavy atom. The molecule has 6 heteroatoms. The zero-order valence-corrected chi connectivity index (χ0v) is 12.1. The van der Waals surface area contributed by atoms with E-state index in [1.165, 1.54) is 6.92 Å². The summed E-state index contributed by atoms with van der Waals surface area (Å²) >= 11 is 0. The van der Waals surface area contributed by atoms with Crippen LogP contribution in [-0.4, -0.2) is 22.9 Å². The van der Waals surface area contributed by atoms with Gasteiger partial charge in [0.1, 0.15) is 0 Å². The molecule has 1 aromatic rings. The van der Waals surface area contributed by atoms with Gasteiger partial charge in [0.25, 0.3) is 0 Å². The number of carbonyl (C=O) groups is 3. The lowest BCUT2D eigenvalue weighted by atomic mass is 10.1. The van der Waals surface area contributed by atoms with Crippen molar-refractivity contribution in [1.29, 1.82) is 0 Å². The highest BCUT2D eigenvalue weighted by atomic mass is 16.4. The lowest BCUT2D eigenvalue weighted by Crippen LogP contribution is -2.17.